The second-order valence-corrected chi connectivity index (χ2v) is 5.82. The number of hydrogen-bond donors (Lipinski definition) is 2. The largest absolute Gasteiger partial charge is 0.396 e. The van der Waals surface area contributed by atoms with E-state index in [4.69, 9.17) is 5.11 Å². The first-order chi connectivity index (χ1) is 9.54. The minimum Gasteiger partial charge on any atom is -0.396 e. The van der Waals surface area contributed by atoms with Gasteiger partial charge in [0, 0.05) is 18.6 Å². The fourth-order valence-corrected chi connectivity index (χ4v) is 2.32. The van der Waals surface area contributed by atoms with Crippen LogP contribution in [0.1, 0.15) is 39.2 Å². The number of carbonyl (C=O) groups is 1. The van der Waals surface area contributed by atoms with Crippen LogP contribution in [0.3, 0.4) is 0 Å². The van der Waals surface area contributed by atoms with E-state index in [-0.39, 0.29) is 24.5 Å². The molecule has 3 heteroatoms. The number of carbonyl (C=O) groups excluding carboxylic acids is 1. The SMILES string of the molecule is CC(CCCO)NC(=O)C(Cc1ccccc1)C(C)C. The van der Waals surface area contributed by atoms with Gasteiger partial charge in [0.25, 0.3) is 0 Å². The Labute approximate surface area is 122 Å². The van der Waals surface area contributed by atoms with E-state index in [0.29, 0.717) is 5.92 Å². The predicted molar refractivity (Wildman–Crippen MR) is 82.4 cm³/mol. The molecule has 112 valence electrons. The van der Waals surface area contributed by atoms with Gasteiger partial charge in [-0.05, 0) is 37.7 Å². The number of rotatable bonds is 8. The molecule has 0 aromatic heterocycles. The van der Waals surface area contributed by atoms with E-state index in [2.05, 4.69) is 31.3 Å². The maximum atomic E-state index is 12.4. The molecule has 0 bridgehead atoms. The monoisotopic (exact) mass is 277 g/mol. The Morgan fingerprint density at radius 2 is 1.85 bits per heavy atom. The Kier molecular flexibility index (Phi) is 7.31. The van der Waals surface area contributed by atoms with Gasteiger partial charge in [-0.15, -0.1) is 0 Å². The van der Waals surface area contributed by atoms with Gasteiger partial charge in [0.05, 0.1) is 0 Å². The highest BCUT2D eigenvalue weighted by atomic mass is 16.3. The third-order valence-corrected chi connectivity index (χ3v) is 3.62. The lowest BCUT2D eigenvalue weighted by Crippen LogP contribution is -2.40. The third kappa shape index (κ3) is 5.74. The van der Waals surface area contributed by atoms with Crippen molar-refractivity contribution in [2.24, 2.45) is 11.8 Å². The average molecular weight is 277 g/mol. The van der Waals surface area contributed by atoms with Crippen LogP contribution >= 0.6 is 0 Å². The molecule has 1 rings (SSSR count). The molecule has 0 heterocycles. The molecule has 0 spiro atoms. The molecule has 0 radical (unpaired) electrons. The van der Waals surface area contributed by atoms with Crippen molar-refractivity contribution < 1.29 is 9.90 Å². The Morgan fingerprint density at radius 3 is 2.40 bits per heavy atom. The second kappa shape index (κ2) is 8.75. The van der Waals surface area contributed by atoms with Gasteiger partial charge in [-0.1, -0.05) is 44.2 Å². The average Bonchev–Trinajstić information content (AvgIpc) is 2.43. The van der Waals surface area contributed by atoms with Crippen molar-refractivity contribution in [2.45, 2.75) is 46.1 Å². The summed E-state index contributed by atoms with van der Waals surface area (Å²) in [5, 5.41) is 11.9. The first-order valence-electron chi connectivity index (χ1n) is 7.49. The summed E-state index contributed by atoms with van der Waals surface area (Å²) < 4.78 is 0. The summed E-state index contributed by atoms with van der Waals surface area (Å²) >= 11 is 0. The smallest absolute Gasteiger partial charge is 0.223 e. The van der Waals surface area contributed by atoms with Crippen molar-refractivity contribution in [3.63, 3.8) is 0 Å². The predicted octanol–water partition coefficient (Wildman–Crippen LogP) is 2.78. The summed E-state index contributed by atoms with van der Waals surface area (Å²) in [5.41, 5.74) is 1.20. The summed E-state index contributed by atoms with van der Waals surface area (Å²) in [7, 11) is 0. The standard InChI is InChI=1S/C17H27NO2/c1-13(2)16(12-15-9-5-4-6-10-15)17(20)18-14(3)8-7-11-19/h4-6,9-10,13-14,16,19H,7-8,11-12H2,1-3H3,(H,18,20). The quantitative estimate of drug-likeness (QED) is 0.767. The number of amides is 1. The van der Waals surface area contributed by atoms with Crippen molar-refractivity contribution in [2.75, 3.05) is 6.61 Å². The Morgan fingerprint density at radius 1 is 1.20 bits per heavy atom. The number of aliphatic hydroxyl groups is 1. The van der Waals surface area contributed by atoms with Gasteiger partial charge in [-0.3, -0.25) is 4.79 Å². The summed E-state index contributed by atoms with van der Waals surface area (Å²) in [4.78, 5) is 12.4. The van der Waals surface area contributed by atoms with Crippen molar-refractivity contribution in [3.8, 4) is 0 Å². The summed E-state index contributed by atoms with van der Waals surface area (Å²) in [6.07, 6.45) is 2.32. The lowest BCUT2D eigenvalue weighted by atomic mass is 9.88. The first kappa shape index (κ1) is 16.7. The molecule has 2 atom stereocenters. The van der Waals surface area contributed by atoms with E-state index in [1.165, 1.54) is 5.56 Å². The van der Waals surface area contributed by atoms with Crippen molar-refractivity contribution in [1.82, 2.24) is 5.32 Å². The van der Waals surface area contributed by atoms with Gasteiger partial charge in [0.1, 0.15) is 0 Å². The van der Waals surface area contributed by atoms with Crippen LogP contribution in [0.15, 0.2) is 30.3 Å². The molecule has 2 N–H and O–H groups in total. The number of nitrogens with one attached hydrogen (secondary N) is 1. The van der Waals surface area contributed by atoms with Crippen molar-refractivity contribution in [3.05, 3.63) is 35.9 Å². The van der Waals surface area contributed by atoms with E-state index in [1.807, 2.05) is 25.1 Å². The van der Waals surface area contributed by atoms with Crippen LogP contribution in [-0.2, 0) is 11.2 Å². The molecule has 0 saturated carbocycles. The second-order valence-electron chi connectivity index (χ2n) is 5.82. The molecule has 0 aliphatic carbocycles. The highest BCUT2D eigenvalue weighted by Gasteiger charge is 2.23. The minimum atomic E-state index is -0.00558. The van der Waals surface area contributed by atoms with Gasteiger partial charge in [-0.2, -0.15) is 0 Å². The van der Waals surface area contributed by atoms with Gasteiger partial charge >= 0.3 is 0 Å². The molecule has 0 saturated heterocycles. The summed E-state index contributed by atoms with van der Waals surface area (Å²) in [6, 6.07) is 10.3. The number of benzene rings is 1. The zero-order valence-corrected chi connectivity index (χ0v) is 12.8. The lowest BCUT2D eigenvalue weighted by molar-refractivity contribution is -0.127. The molecule has 0 aliphatic rings. The molecule has 3 nitrogen and oxygen atoms in total. The van der Waals surface area contributed by atoms with Crippen LogP contribution in [0.2, 0.25) is 0 Å². The normalized spacial score (nSPS) is 14.1. The number of aliphatic hydroxyl groups excluding tert-OH is 1. The van der Waals surface area contributed by atoms with Crippen LogP contribution in [0.25, 0.3) is 0 Å². The van der Waals surface area contributed by atoms with Gasteiger partial charge < -0.3 is 10.4 Å². The van der Waals surface area contributed by atoms with E-state index in [1.54, 1.807) is 0 Å². The molecule has 2 unspecified atom stereocenters. The molecule has 1 aromatic rings. The van der Waals surface area contributed by atoms with Crippen LogP contribution in [0.5, 0.6) is 0 Å². The van der Waals surface area contributed by atoms with Crippen LogP contribution < -0.4 is 5.32 Å². The van der Waals surface area contributed by atoms with Crippen molar-refractivity contribution >= 4 is 5.91 Å². The first-order valence-corrected chi connectivity index (χ1v) is 7.49. The van der Waals surface area contributed by atoms with Crippen LogP contribution in [0, 0.1) is 11.8 Å². The maximum absolute atomic E-state index is 12.4. The molecular weight excluding hydrogens is 250 g/mol. The molecule has 0 fully saturated rings. The Balaban J connectivity index is 2.59. The fraction of sp³-hybridized carbons (Fsp3) is 0.588. The Bertz CT molecular complexity index is 389. The number of hydrogen-bond acceptors (Lipinski definition) is 2. The van der Waals surface area contributed by atoms with E-state index in [9.17, 15) is 4.79 Å². The molecule has 0 aliphatic heterocycles. The van der Waals surface area contributed by atoms with E-state index < -0.39 is 0 Å². The molecule has 1 amide bonds. The van der Waals surface area contributed by atoms with E-state index in [0.717, 1.165) is 19.3 Å². The lowest BCUT2D eigenvalue weighted by Gasteiger charge is -2.23. The van der Waals surface area contributed by atoms with E-state index >= 15 is 0 Å². The zero-order valence-electron chi connectivity index (χ0n) is 12.8. The maximum Gasteiger partial charge on any atom is 0.223 e. The highest BCUT2D eigenvalue weighted by molar-refractivity contribution is 5.79. The molecule has 1 aromatic carbocycles. The van der Waals surface area contributed by atoms with Crippen LogP contribution in [0.4, 0.5) is 0 Å². The fourth-order valence-electron chi connectivity index (χ4n) is 2.32. The summed E-state index contributed by atoms with van der Waals surface area (Å²) in [5.74, 6) is 0.420. The van der Waals surface area contributed by atoms with Gasteiger partial charge in [0.15, 0.2) is 0 Å². The van der Waals surface area contributed by atoms with Crippen LogP contribution in [-0.4, -0.2) is 23.7 Å². The highest BCUT2D eigenvalue weighted by Crippen LogP contribution is 2.18. The zero-order chi connectivity index (χ0) is 15.0. The molecule has 20 heavy (non-hydrogen) atoms. The molecular formula is C17H27NO2. The van der Waals surface area contributed by atoms with Gasteiger partial charge in [0.2, 0.25) is 5.91 Å². The van der Waals surface area contributed by atoms with Gasteiger partial charge in [-0.25, -0.2) is 0 Å². The summed E-state index contributed by atoms with van der Waals surface area (Å²) in [6.45, 7) is 6.35. The minimum absolute atomic E-state index is 0.00558. The Hall–Kier alpha value is -1.35. The topological polar surface area (TPSA) is 49.3 Å². The van der Waals surface area contributed by atoms with Crippen molar-refractivity contribution in [1.29, 1.82) is 0 Å². The third-order valence-electron chi connectivity index (χ3n) is 3.62.